The minimum Gasteiger partial charge on any atom is -0.456 e. The fourth-order valence-corrected chi connectivity index (χ4v) is 2.44. The molecule has 29 heavy (non-hydrogen) atoms. The van der Waals surface area contributed by atoms with Crippen LogP contribution in [0.25, 0.3) is 0 Å². The minimum atomic E-state index is -0.619. The zero-order valence-corrected chi connectivity index (χ0v) is 18.0. The lowest BCUT2D eigenvalue weighted by Gasteiger charge is -2.19. The van der Waals surface area contributed by atoms with Crippen LogP contribution in [0.3, 0.4) is 0 Å². The molecule has 0 aliphatic carbocycles. The van der Waals surface area contributed by atoms with Crippen LogP contribution < -0.4 is 16.0 Å². The monoisotopic (exact) mass is 462 g/mol. The molecule has 0 saturated heterocycles. The molecule has 0 aliphatic rings. The van der Waals surface area contributed by atoms with Crippen LogP contribution in [0.1, 0.15) is 41.5 Å². The van der Waals surface area contributed by atoms with Gasteiger partial charge in [-0.25, -0.2) is 14.6 Å². The third-order valence-corrected chi connectivity index (χ3v) is 3.97. The number of nitrogens with zero attached hydrogens (tertiary/aromatic N) is 1. The maximum absolute atomic E-state index is 12.1. The van der Waals surface area contributed by atoms with Gasteiger partial charge in [-0.2, -0.15) is 0 Å². The van der Waals surface area contributed by atoms with Crippen molar-refractivity contribution in [3.8, 4) is 0 Å². The third kappa shape index (κ3) is 7.90. The van der Waals surface area contributed by atoms with Crippen molar-refractivity contribution in [2.45, 2.75) is 26.4 Å². The summed E-state index contributed by atoms with van der Waals surface area (Å²) in [6, 6.07) is 9.39. The van der Waals surface area contributed by atoms with Gasteiger partial charge in [0.2, 0.25) is 0 Å². The Hall–Kier alpha value is -2.94. The van der Waals surface area contributed by atoms with Crippen LogP contribution in [0.15, 0.2) is 47.1 Å². The largest absolute Gasteiger partial charge is 0.456 e. The summed E-state index contributed by atoms with van der Waals surface area (Å²) in [7, 11) is 0. The van der Waals surface area contributed by atoms with Crippen LogP contribution in [-0.2, 0) is 4.74 Å². The molecule has 0 radical (unpaired) electrons. The Balaban J connectivity index is 1.78. The first-order valence-corrected chi connectivity index (χ1v) is 9.71. The highest BCUT2D eigenvalue weighted by Gasteiger charge is 2.18. The Morgan fingerprint density at radius 1 is 1.00 bits per heavy atom. The summed E-state index contributed by atoms with van der Waals surface area (Å²) in [4.78, 5) is 40.1. The zero-order chi connectivity index (χ0) is 21.4. The van der Waals surface area contributed by atoms with E-state index in [2.05, 4.69) is 36.9 Å². The minimum absolute atomic E-state index is 0.213. The second kappa shape index (κ2) is 10.0. The predicted molar refractivity (Wildman–Crippen MR) is 113 cm³/mol. The number of hydrogen-bond donors (Lipinski definition) is 3. The molecule has 0 unspecified atom stereocenters. The highest BCUT2D eigenvalue weighted by atomic mass is 79.9. The van der Waals surface area contributed by atoms with Crippen LogP contribution >= 0.6 is 15.9 Å². The lowest BCUT2D eigenvalue weighted by molar-refractivity contribution is 0.00693. The molecule has 0 saturated carbocycles. The molecule has 3 amide bonds. The van der Waals surface area contributed by atoms with Crippen LogP contribution in [0, 0.1) is 0 Å². The summed E-state index contributed by atoms with van der Waals surface area (Å²) < 4.78 is 6.18. The van der Waals surface area contributed by atoms with Crippen molar-refractivity contribution < 1.29 is 19.1 Å². The Bertz CT molecular complexity index is 879. The number of pyridine rings is 1. The van der Waals surface area contributed by atoms with Gasteiger partial charge in [0.1, 0.15) is 11.4 Å². The van der Waals surface area contributed by atoms with E-state index >= 15 is 0 Å². The average Bonchev–Trinajstić information content (AvgIpc) is 2.64. The number of ether oxygens (including phenoxy) is 1. The number of hydrogen-bond acceptors (Lipinski definition) is 5. The van der Waals surface area contributed by atoms with Gasteiger partial charge in [0, 0.05) is 29.3 Å². The molecule has 0 aliphatic heterocycles. The molecule has 1 aromatic carbocycles. The number of benzene rings is 1. The number of anilines is 1. The summed E-state index contributed by atoms with van der Waals surface area (Å²) in [5, 5.41) is 7.85. The second-order valence-electron chi connectivity index (χ2n) is 7.08. The molecule has 0 fully saturated rings. The Morgan fingerprint density at radius 2 is 1.66 bits per heavy atom. The summed E-state index contributed by atoms with van der Waals surface area (Å²) in [6.45, 7) is 5.80. The van der Waals surface area contributed by atoms with Gasteiger partial charge < -0.3 is 15.4 Å². The van der Waals surface area contributed by atoms with Gasteiger partial charge in [-0.3, -0.25) is 10.1 Å². The van der Waals surface area contributed by atoms with Gasteiger partial charge in [-0.05, 0) is 57.2 Å². The van der Waals surface area contributed by atoms with Crippen molar-refractivity contribution in [2.24, 2.45) is 0 Å². The first kappa shape index (κ1) is 22.4. The quantitative estimate of drug-likeness (QED) is 0.450. The van der Waals surface area contributed by atoms with Crippen LogP contribution in [0.4, 0.5) is 10.6 Å². The van der Waals surface area contributed by atoms with Gasteiger partial charge in [-0.15, -0.1) is 0 Å². The van der Waals surface area contributed by atoms with Crippen molar-refractivity contribution >= 4 is 39.7 Å². The van der Waals surface area contributed by atoms with Crippen molar-refractivity contribution in [2.75, 3.05) is 18.4 Å². The fraction of sp³-hybridized carbons (Fsp3) is 0.300. The first-order chi connectivity index (χ1) is 13.6. The Labute approximate surface area is 177 Å². The predicted octanol–water partition coefficient (Wildman–Crippen LogP) is 3.35. The number of carbonyl (C=O) groups is 3. The van der Waals surface area contributed by atoms with E-state index in [1.54, 1.807) is 45.0 Å². The lowest BCUT2D eigenvalue weighted by atomic mass is 10.2. The summed E-state index contributed by atoms with van der Waals surface area (Å²) >= 11 is 3.31. The van der Waals surface area contributed by atoms with Gasteiger partial charge in [0.25, 0.3) is 5.91 Å². The summed E-state index contributed by atoms with van der Waals surface area (Å²) in [5.41, 5.74) is 0.194. The molecule has 3 N–H and O–H groups in total. The molecule has 8 nitrogen and oxygen atoms in total. The van der Waals surface area contributed by atoms with Crippen LogP contribution in [0.5, 0.6) is 0 Å². The summed E-state index contributed by atoms with van der Waals surface area (Å²) in [6.07, 6.45) is 1.41. The molecule has 1 heterocycles. The highest BCUT2D eigenvalue weighted by Crippen LogP contribution is 2.14. The zero-order valence-electron chi connectivity index (χ0n) is 16.4. The van der Waals surface area contributed by atoms with E-state index in [4.69, 9.17) is 4.74 Å². The summed E-state index contributed by atoms with van der Waals surface area (Å²) in [5.74, 6) is -0.518. The molecular weight excluding hydrogens is 440 g/mol. The Morgan fingerprint density at radius 3 is 2.31 bits per heavy atom. The number of nitrogens with one attached hydrogen (secondary N) is 3. The fourth-order valence-electron chi connectivity index (χ4n) is 2.18. The average molecular weight is 463 g/mol. The molecule has 2 rings (SSSR count). The van der Waals surface area contributed by atoms with Gasteiger partial charge in [0.05, 0.1) is 5.56 Å². The van der Waals surface area contributed by atoms with E-state index in [0.717, 1.165) is 4.47 Å². The number of amides is 3. The molecule has 9 heteroatoms. The van der Waals surface area contributed by atoms with E-state index in [0.29, 0.717) is 5.56 Å². The van der Waals surface area contributed by atoms with Crippen molar-refractivity contribution in [3.05, 3.63) is 58.2 Å². The third-order valence-electron chi connectivity index (χ3n) is 3.44. The molecular formula is C20H23BrN4O4. The van der Waals surface area contributed by atoms with E-state index < -0.39 is 17.6 Å². The molecule has 154 valence electrons. The topological polar surface area (TPSA) is 109 Å². The number of esters is 1. The number of halogens is 1. The van der Waals surface area contributed by atoms with Crippen molar-refractivity contribution in [1.82, 2.24) is 15.6 Å². The van der Waals surface area contributed by atoms with E-state index in [1.165, 1.54) is 18.3 Å². The smallest absolute Gasteiger partial charge is 0.338 e. The van der Waals surface area contributed by atoms with Crippen molar-refractivity contribution in [1.29, 1.82) is 0 Å². The lowest BCUT2D eigenvalue weighted by Crippen LogP contribution is -2.37. The van der Waals surface area contributed by atoms with E-state index in [9.17, 15) is 14.4 Å². The number of rotatable bonds is 6. The molecule has 0 bridgehead atoms. The first-order valence-electron chi connectivity index (χ1n) is 8.92. The number of aromatic nitrogens is 1. The van der Waals surface area contributed by atoms with E-state index in [-0.39, 0.29) is 30.4 Å². The van der Waals surface area contributed by atoms with Gasteiger partial charge >= 0.3 is 12.0 Å². The SMILES string of the molecule is CC(C)(C)OC(=O)c1ccnc(NC(=O)NCCNC(=O)c2ccc(Br)cc2)c1. The van der Waals surface area contributed by atoms with Crippen molar-refractivity contribution in [3.63, 3.8) is 0 Å². The maximum Gasteiger partial charge on any atom is 0.338 e. The van der Waals surface area contributed by atoms with E-state index in [1.807, 2.05) is 0 Å². The highest BCUT2D eigenvalue weighted by molar-refractivity contribution is 9.10. The van der Waals surface area contributed by atoms with Gasteiger partial charge in [-0.1, -0.05) is 15.9 Å². The standard InChI is InChI=1S/C20H23BrN4O4/c1-20(2,3)29-18(27)14-8-9-22-16(12-14)25-19(28)24-11-10-23-17(26)13-4-6-15(21)7-5-13/h4-9,12H,10-11H2,1-3H3,(H,23,26)(H2,22,24,25,28). The molecule has 1 aromatic heterocycles. The van der Waals surface area contributed by atoms with Crippen LogP contribution in [0.2, 0.25) is 0 Å². The normalized spacial score (nSPS) is 10.8. The Kier molecular flexibility index (Phi) is 7.72. The second-order valence-corrected chi connectivity index (χ2v) is 7.99. The van der Waals surface area contributed by atoms with Gasteiger partial charge in [0.15, 0.2) is 0 Å². The molecule has 2 aromatic rings. The molecule has 0 atom stereocenters. The molecule has 0 spiro atoms. The van der Waals surface area contributed by atoms with Crippen LogP contribution in [-0.4, -0.2) is 41.6 Å². The maximum atomic E-state index is 12.1. The number of carbonyl (C=O) groups excluding carboxylic acids is 3. The number of urea groups is 1.